The number of nitrogens with zero attached hydrogens (tertiary/aromatic N) is 7. The maximum atomic E-state index is 10.3. The molecule has 0 aliphatic rings. The SMILES string of the molecule is [2H]c1c([2H])c([2H])c(-n2c3c([2H])c([2H])c([2H])c([2H])c3c3c([2H])c([2H])c([2H])c([2H])c32)c(-c2nc(-n3c4c([2H])c([2H])c([2H])c([2H])c4c4c([2H])c([2H])c([2H])c([2H])c43)nc(-n3c4c([2H])c([2H])c([2H])c([2H])c4c4c([2H])c(-n5c6c([2H])c([2H])c([2H])c([2H])c6c6c([2H])c([2H])c([2H])c([2H])c65)c([2H])c([2H])c43)n2)c1[2H]. The second-order valence-corrected chi connectivity index (χ2v) is 13.8. The smallest absolute Gasteiger partial charge is 0.240 e. The molecule has 0 atom stereocenters. The lowest BCUT2D eigenvalue weighted by Crippen LogP contribution is -2.11. The van der Waals surface area contributed by atoms with Crippen LogP contribution in [0.3, 0.4) is 0 Å². The third-order valence-electron chi connectivity index (χ3n) is 10.6. The van der Waals surface area contributed by atoms with Crippen molar-refractivity contribution < 1.29 is 48.0 Å². The molecule has 14 rings (SSSR count). The molecular weight excluding hydrogens is 783 g/mol. The van der Waals surface area contributed by atoms with Gasteiger partial charge >= 0.3 is 0 Å². The third-order valence-corrected chi connectivity index (χ3v) is 10.6. The highest BCUT2D eigenvalue weighted by Crippen LogP contribution is 2.39. The van der Waals surface area contributed by atoms with Crippen molar-refractivity contribution in [1.29, 1.82) is 0 Å². The van der Waals surface area contributed by atoms with E-state index in [1.54, 1.807) is 0 Å². The van der Waals surface area contributed by atoms with Gasteiger partial charge in [-0.3, -0.25) is 9.13 Å². The van der Waals surface area contributed by atoms with E-state index in [0.29, 0.717) is 13.7 Å². The maximum Gasteiger partial charge on any atom is 0.240 e. The number of fused-ring (bicyclic) bond motifs is 12. The lowest BCUT2D eigenvalue weighted by molar-refractivity contribution is 0.892. The number of hydrogen-bond acceptors (Lipinski definition) is 3. The molecule has 7 nitrogen and oxygen atoms in total. The minimum absolute atomic E-state index is 0.539. The van der Waals surface area contributed by atoms with Gasteiger partial charge < -0.3 is 9.13 Å². The molecule has 0 bridgehead atoms. The van der Waals surface area contributed by atoms with Crippen LogP contribution in [0.15, 0.2) is 211 Å². The Morgan fingerprint density at radius 3 is 1.05 bits per heavy atom. The molecule has 5 heterocycles. The fraction of sp³-hybridized carbons (Fsp3) is 0. The Morgan fingerprint density at radius 2 is 0.609 bits per heavy atom. The largest absolute Gasteiger partial charge is 0.309 e. The van der Waals surface area contributed by atoms with Gasteiger partial charge in [0.15, 0.2) is 5.82 Å². The molecule has 5 aromatic heterocycles. The van der Waals surface area contributed by atoms with Gasteiger partial charge in [-0.1, -0.05) is 139 Å². The first kappa shape index (κ1) is 15.2. The average Bonchev–Trinajstić information content (AvgIpc) is 1.55. The molecule has 64 heavy (non-hydrogen) atoms. The lowest BCUT2D eigenvalue weighted by atomic mass is 10.1. The zero-order valence-corrected chi connectivity index (χ0v) is 31.6. The van der Waals surface area contributed by atoms with Crippen LogP contribution in [0.4, 0.5) is 0 Å². The van der Waals surface area contributed by atoms with Crippen molar-refractivity contribution in [1.82, 2.24) is 33.2 Å². The van der Waals surface area contributed by atoms with E-state index in [1.165, 1.54) is 0 Å². The van der Waals surface area contributed by atoms with Gasteiger partial charge in [0.2, 0.25) is 11.9 Å². The lowest BCUT2D eigenvalue weighted by Gasteiger charge is -2.16. The Hall–Kier alpha value is -8.81. The number of rotatable bonds is 5. The van der Waals surface area contributed by atoms with Gasteiger partial charge in [0.25, 0.3) is 0 Å². The van der Waals surface area contributed by atoms with Gasteiger partial charge in [0.1, 0.15) is 0 Å². The van der Waals surface area contributed by atoms with Crippen LogP contribution in [0, 0.1) is 0 Å². The van der Waals surface area contributed by atoms with E-state index in [9.17, 15) is 21.9 Å². The first-order valence-electron chi connectivity index (χ1n) is 36.3. The molecule has 9 aromatic carbocycles. The highest BCUT2D eigenvalue weighted by atomic mass is 15.3. The summed E-state index contributed by atoms with van der Waals surface area (Å²) < 4.78 is 324. The van der Waals surface area contributed by atoms with Crippen molar-refractivity contribution in [3.8, 4) is 34.7 Å². The number of hydrogen-bond donors (Lipinski definition) is 0. The predicted octanol–water partition coefficient (Wildman–Crippen LogP) is 13.9. The van der Waals surface area contributed by atoms with Gasteiger partial charge in [-0.15, -0.1) is 0 Å². The van der Waals surface area contributed by atoms with E-state index in [2.05, 4.69) is 4.98 Å². The van der Waals surface area contributed by atoms with E-state index < -0.39 is 333 Å². The molecule has 0 amide bonds. The molecule has 0 N–H and O–H groups in total. The minimum atomic E-state index is -1.18. The van der Waals surface area contributed by atoms with Gasteiger partial charge in [0, 0.05) is 54.3 Å². The molecule has 0 spiro atoms. The summed E-state index contributed by atoms with van der Waals surface area (Å²) >= 11 is 0. The summed E-state index contributed by atoms with van der Waals surface area (Å²) in [4.78, 5) is 14.0. The molecular formula is C57H35N7. The Morgan fingerprint density at radius 1 is 0.281 bits per heavy atom. The van der Waals surface area contributed by atoms with Crippen molar-refractivity contribution >= 4 is 87.2 Å². The van der Waals surface area contributed by atoms with Crippen LogP contribution in [-0.4, -0.2) is 33.2 Å². The summed E-state index contributed by atoms with van der Waals surface area (Å²) in [7, 11) is 0. The van der Waals surface area contributed by atoms with E-state index in [-0.39, 0.29) is 0 Å². The van der Waals surface area contributed by atoms with Gasteiger partial charge in [-0.2, -0.15) is 15.0 Å². The summed E-state index contributed by atoms with van der Waals surface area (Å²) in [5.41, 5.74) is -8.74. The van der Waals surface area contributed by atoms with Crippen LogP contribution >= 0.6 is 0 Å². The third kappa shape index (κ3) is 4.89. The molecule has 0 fully saturated rings. The molecule has 298 valence electrons. The second kappa shape index (κ2) is 13.3. The van der Waals surface area contributed by atoms with Crippen LogP contribution < -0.4 is 0 Å². The highest BCUT2D eigenvalue weighted by Gasteiger charge is 2.23. The standard InChI is InChI=1S/C57H35N7/c1-9-25-46-37(17-1)38-18-2-10-26-47(38)61(46)36-33-34-54-45(35-36)43-23-7-15-31-52(43)64(54)57-59-55(58-56(60-57)63-50-29-13-5-21-41(50)42-22-6-14-30-51(42)63)44-24-8-16-32-53(44)62-48-27-11-3-19-39(48)40-20-4-12-28-49(40)62/h1-35H/i1D,2D,3D,4D,5D,6D,7D,8D,9D,10D,11D,12D,13D,14D,15D,16D,17D,18D,19D,20D,21D,22D,23D,24D,25D,26D,27D,28D,29D,30D,31D,32D,33D,34D,35D. The van der Waals surface area contributed by atoms with E-state index in [0.717, 1.165) is 4.57 Å². The zero-order valence-electron chi connectivity index (χ0n) is 66.6. The Balaban J connectivity index is 1.26. The summed E-state index contributed by atoms with van der Waals surface area (Å²) in [6.07, 6.45) is 0. The molecule has 0 radical (unpaired) electrons. The van der Waals surface area contributed by atoms with Crippen molar-refractivity contribution in [2.24, 2.45) is 0 Å². The number of benzene rings is 9. The van der Waals surface area contributed by atoms with Gasteiger partial charge in [0.05, 0.1) is 97.8 Å². The van der Waals surface area contributed by atoms with Crippen LogP contribution in [0.2, 0.25) is 0 Å². The van der Waals surface area contributed by atoms with Crippen LogP contribution in [0.1, 0.15) is 48.0 Å². The van der Waals surface area contributed by atoms with Gasteiger partial charge in [-0.25, -0.2) is 0 Å². The van der Waals surface area contributed by atoms with Crippen molar-refractivity contribution in [3.05, 3.63) is 211 Å². The molecule has 0 saturated heterocycles. The number of aromatic nitrogens is 7. The van der Waals surface area contributed by atoms with E-state index >= 15 is 0 Å². The summed E-state index contributed by atoms with van der Waals surface area (Å²) in [5, 5.41) is -4.99. The van der Waals surface area contributed by atoms with Crippen molar-refractivity contribution in [2.45, 2.75) is 0 Å². The first-order valence-corrected chi connectivity index (χ1v) is 18.8. The Bertz CT molecular complexity index is 6070. The van der Waals surface area contributed by atoms with E-state index in [1.807, 2.05) is 0 Å². The fourth-order valence-corrected chi connectivity index (χ4v) is 8.03. The van der Waals surface area contributed by atoms with Crippen LogP contribution in [0.25, 0.3) is 122 Å². The van der Waals surface area contributed by atoms with Crippen molar-refractivity contribution in [2.75, 3.05) is 0 Å². The quantitative estimate of drug-likeness (QED) is 0.173. The van der Waals surface area contributed by atoms with Crippen LogP contribution in [0.5, 0.6) is 0 Å². The topological polar surface area (TPSA) is 58.4 Å². The first-order chi connectivity index (χ1) is 46.3. The zero-order chi connectivity index (χ0) is 72.3. The highest BCUT2D eigenvalue weighted by molar-refractivity contribution is 6.13. The fourth-order valence-electron chi connectivity index (χ4n) is 8.03. The number of para-hydroxylation sites is 8. The summed E-state index contributed by atoms with van der Waals surface area (Å²) in [5.74, 6) is -3.30. The molecule has 0 saturated carbocycles. The molecule has 14 aromatic rings. The van der Waals surface area contributed by atoms with Crippen LogP contribution in [-0.2, 0) is 0 Å². The monoisotopic (exact) mass is 853 g/mol. The Kier molecular flexibility index (Phi) is 3.17. The molecule has 0 aliphatic carbocycles. The molecule has 0 unspecified atom stereocenters. The summed E-state index contributed by atoms with van der Waals surface area (Å²) in [6, 6.07) is -34.4. The van der Waals surface area contributed by atoms with Gasteiger partial charge in [-0.05, 0) is 72.5 Å². The molecule has 7 heteroatoms. The average molecular weight is 853 g/mol. The second-order valence-electron chi connectivity index (χ2n) is 13.8. The van der Waals surface area contributed by atoms with E-state index in [4.69, 9.17) is 36.0 Å². The maximum absolute atomic E-state index is 10.3. The Labute approximate surface area is 415 Å². The molecule has 0 aliphatic heterocycles. The summed E-state index contributed by atoms with van der Waals surface area (Å²) in [6.45, 7) is 0. The minimum Gasteiger partial charge on any atom is -0.309 e. The predicted molar refractivity (Wildman–Crippen MR) is 263 cm³/mol. The normalized spacial score (nSPS) is 19.7. The van der Waals surface area contributed by atoms with Crippen molar-refractivity contribution in [3.63, 3.8) is 0 Å².